The van der Waals surface area contributed by atoms with Gasteiger partial charge in [0.05, 0.1) is 0 Å². The first-order valence-electron chi connectivity index (χ1n) is 8.54. The molecule has 0 atom stereocenters. The Morgan fingerprint density at radius 1 is 0.875 bits per heavy atom. The molecule has 0 aromatic heterocycles. The average molecular weight is 331 g/mol. The lowest BCUT2D eigenvalue weighted by Crippen LogP contribution is -2.37. The Hall–Kier alpha value is -1.94. The summed E-state index contributed by atoms with van der Waals surface area (Å²) in [7, 11) is 0. The molecular weight excluding hydrogens is 308 g/mol. The average Bonchev–Trinajstić information content (AvgIpc) is 2.60. The second kappa shape index (κ2) is 8.25. The molecule has 2 nitrogen and oxygen atoms in total. The van der Waals surface area contributed by atoms with Crippen molar-refractivity contribution in [1.29, 1.82) is 0 Å². The van der Waals surface area contributed by atoms with E-state index in [-0.39, 0.29) is 11.6 Å². The van der Waals surface area contributed by atoms with E-state index in [1.807, 2.05) is 12.1 Å². The summed E-state index contributed by atoms with van der Waals surface area (Å²) in [6, 6.07) is 13.0. The van der Waals surface area contributed by atoms with E-state index >= 15 is 0 Å². The normalized spacial score (nSPS) is 16.2. The van der Waals surface area contributed by atoms with E-state index in [4.69, 9.17) is 4.74 Å². The van der Waals surface area contributed by atoms with Crippen LogP contribution in [0.4, 0.5) is 8.78 Å². The highest BCUT2D eigenvalue weighted by Crippen LogP contribution is 2.22. The fraction of sp³-hybridized carbons (Fsp3) is 0.400. The maximum atomic E-state index is 12.9. The number of likely N-dealkylation sites (tertiary alicyclic amines) is 1. The highest BCUT2D eigenvalue weighted by atomic mass is 19.1. The van der Waals surface area contributed by atoms with Gasteiger partial charge in [0, 0.05) is 6.54 Å². The number of benzene rings is 2. The van der Waals surface area contributed by atoms with E-state index in [1.165, 1.54) is 29.8 Å². The first kappa shape index (κ1) is 16.9. The van der Waals surface area contributed by atoms with Crippen molar-refractivity contribution in [3.05, 3.63) is 65.7 Å². The molecule has 0 amide bonds. The van der Waals surface area contributed by atoms with Crippen molar-refractivity contribution in [3.63, 3.8) is 0 Å². The molecule has 0 bridgehead atoms. The number of hydrogen-bond donors (Lipinski definition) is 0. The van der Waals surface area contributed by atoms with Gasteiger partial charge in [0.25, 0.3) is 0 Å². The first-order chi connectivity index (χ1) is 11.7. The Bertz CT molecular complexity index is 619. The van der Waals surface area contributed by atoms with Gasteiger partial charge in [0.2, 0.25) is 0 Å². The smallest absolute Gasteiger partial charge is 0.123 e. The molecule has 4 heteroatoms. The van der Waals surface area contributed by atoms with E-state index in [0.717, 1.165) is 38.9 Å². The second-order valence-corrected chi connectivity index (χ2v) is 6.42. The Kier molecular flexibility index (Phi) is 5.81. The summed E-state index contributed by atoms with van der Waals surface area (Å²) in [5.74, 6) is 0.965. The van der Waals surface area contributed by atoms with Crippen LogP contribution in [0.3, 0.4) is 0 Å². The Morgan fingerprint density at radius 2 is 1.46 bits per heavy atom. The molecule has 1 fully saturated rings. The highest BCUT2D eigenvalue weighted by molar-refractivity contribution is 5.22. The molecular formula is C20H23F2NO. The van der Waals surface area contributed by atoms with Crippen molar-refractivity contribution in [2.24, 2.45) is 5.92 Å². The zero-order valence-electron chi connectivity index (χ0n) is 13.8. The minimum Gasteiger partial charge on any atom is -0.492 e. The molecule has 0 aliphatic carbocycles. The fourth-order valence-electron chi connectivity index (χ4n) is 3.19. The molecule has 0 saturated carbocycles. The van der Waals surface area contributed by atoms with E-state index < -0.39 is 0 Å². The van der Waals surface area contributed by atoms with Gasteiger partial charge < -0.3 is 4.74 Å². The summed E-state index contributed by atoms with van der Waals surface area (Å²) in [5.41, 5.74) is 1.22. The van der Waals surface area contributed by atoms with Crippen molar-refractivity contribution in [2.75, 3.05) is 26.2 Å². The monoisotopic (exact) mass is 331 g/mol. The fourth-order valence-corrected chi connectivity index (χ4v) is 3.19. The molecule has 2 aromatic rings. The quantitative estimate of drug-likeness (QED) is 0.782. The zero-order valence-corrected chi connectivity index (χ0v) is 13.8. The van der Waals surface area contributed by atoms with Gasteiger partial charge in [0.15, 0.2) is 0 Å². The number of hydrogen-bond acceptors (Lipinski definition) is 2. The predicted molar refractivity (Wildman–Crippen MR) is 91.2 cm³/mol. The topological polar surface area (TPSA) is 12.5 Å². The van der Waals surface area contributed by atoms with Crippen molar-refractivity contribution >= 4 is 0 Å². The Morgan fingerprint density at radius 3 is 2.08 bits per heavy atom. The minimum absolute atomic E-state index is 0.172. The number of nitrogens with zero attached hydrogens (tertiary/aromatic N) is 1. The lowest BCUT2D eigenvalue weighted by atomic mass is 9.90. The van der Waals surface area contributed by atoms with Crippen molar-refractivity contribution in [2.45, 2.75) is 19.3 Å². The maximum Gasteiger partial charge on any atom is 0.123 e. The third-order valence-corrected chi connectivity index (χ3v) is 4.63. The molecule has 1 heterocycles. The van der Waals surface area contributed by atoms with Crippen LogP contribution in [0.2, 0.25) is 0 Å². The Labute approximate surface area is 142 Å². The van der Waals surface area contributed by atoms with E-state index in [1.54, 1.807) is 12.1 Å². The predicted octanol–water partition coefficient (Wildman–Crippen LogP) is 4.30. The van der Waals surface area contributed by atoms with Gasteiger partial charge in [0.1, 0.15) is 24.0 Å². The number of ether oxygens (including phenoxy) is 1. The van der Waals surface area contributed by atoms with E-state index in [2.05, 4.69) is 4.90 Å². The molecule has 1 saturated heterocycles. The molecule has 0 N–H and O–H groups in total. The van der Waals surface area contributed by atoms with Crippen molar-refractivity contribution in [3.8, 4) is 5.75 Å². The van der Waals surface area contributed by atoms with Gasteiger partial charge in [-0.3, -0.25) is 4.90 Å². The number of piperidine rings is 1. The lowest BCUT2D eigenvalue weighted by molar-refractivity contribution is 0.155. The summed E-state index contributed by atoms with van der Waals surface area (Å²) in [6.45, 7) is 3.65. The largest absolute Gasteiger partial charge is 0.492 e. The summed E-state index contributed by atoms with van der Waals surface area (Å²) in [6.07, 6.45) is 3.35. The summed E-state index contributed by atoms with van der Waals surface area (Å²) >= 11 is 0. The van der Waals surface area contributed by atoms with E-state index in [9.17, 15) is 8.78 Å². The van der Waals surface area contributed by atoms with Crippen LogP contribution < -0.4 is 4.74 Å². The second-order valence-electron chi connectivity index (χ2n) is 6.42. The molecule has 0 radical (unpaired) electrons. The van der Waals surface area contributed by atoms with Crippen LogP contribution in [0.25, 0.3) is 0 Å². The molecule has 24 heavy (non-hydrogen) atoms. The van der Waals surface area contributed by atoms with Crippen molar-refractivity contribution in [1.82, 2.24) is 4.90 Å². The molecule has 0 spiro atoms. The minimum atomic E-state index is -0.245. The van der Waals surface area contributed by atoms with Gasteiger partial charge >= 0.3 is 0 Å². The first-order valence-corrected chi connectivity index (χ1v) is 8.54. The van der Waals surface area contributed by atoms with Crippen LogP contribution in [0, 0.1) is 17.6 Å². The highest BCUT2D eigenvalue weighted by Gasteiger charge is 2.19. The molecule has 1 aliphatic rings. The van der Waals surface area contributed by atoms with Crippen LogP contribution in [0.1, 0.15) is 18.4 Å². The molecule has 2 aromatic carbocycles. The zero-order chi connectivity index (χ0) is 16.8. The van der Waals surface area contributed by atoms with Crippen LogP contribution in [0.5, 0.6) is 5.75 Å². The van der Waals surface area contributed by atoms with Gasteiger partial charge in [-0.05, 0) is 80.2 Å². The van der Waals surface area contributed by atoms with Gasteiger partial charge in [-0.1, -0.05) is 12.1 Å². The third kappa shape index (κ3) is 5.03. The summed E-state index contributed by atoms with van der Waals surface area (Å²) < 4.78 is 31.4. The van der Waals surface area contributed by atoms with Gasteiger partial charge in [-0.2, -0.15) is 0 Å². The lowest BCUT2D eigenvalue weighted by Gasteiger charge is -2.31. The SMILES string of the molecule is Fc1ccc(CC2CCN(CCOc3ccc(F)cc3)CC2)cc1. The van der Waals surface area contributed by atoms with Crippen LogP contribution in [0.15, 0.2) is 48.5 Å². The molecule has 0 unspecified atom stereocenters. The third-order valence-electron chi connectivity index (χ3n) is 4.63. The maximum absolute atomic E-state index is 12.9. The molecule has 1 aliphatic heterocycles. The summed E-state index contributed by atoms with van der Waals surface area (Å²) in [4.78, 5) is 2.41. The van der Waals surface area contributed by atoms with Crippen LogP contribution in [-0.4, -0.2) is 31.1 Å². The van der Waals surface area contributed by atoms with Gasteiger partial charge in [-0.15, -0.1) is 0 Å². The number of rotatable bonds is 6. The standard InChI is InChI=1S/C20H23F2NO/c21-18-3-1-16(2-4-18)15-17-9-11-23(12-10-17)13-14-24-20-7-5-19(22)6-8-20/h1-8,17H,9-15H2. The summed E-state index contributed by atoms with van der Waals surface area (Å²) in [5, 5.41) is 0. The Balaban J connectivity index is 1.36. The number of halogens is 2. The van der Waals surface area contributed by atoms with Crippen LogP contribution >= 0.6 is 0 Å². The van der Waals surface area contributed by atoms with Gasteiger partial charge in [-0.25, -0.2) is 8.78 Å². The van der Waals surface area contributed by atoms with Crippen LogP contribution in [-0.2, 0) is 6.42 Å². The van der Waals surface area contributed by atoms with Crippen molar-refractivity contribution < 1.29 is 13.5 Å². The van der Waals surface area contributed by atoms with E-state index in [0.29, 0.717) is 18.3 Å². The molecule has 3 rings (SSSR count). The molecule has 128 valence electrons.